The van der Waals surface area contributed by atoms with Gasteiger partial charge in [-0.2, -0.15) is 0 Å². The van der Waals surface area contributed by atoms with Crippen molar-refractivity contribution in [1.82, 2.24) is 10.5 Å². The van der Waals surface area contributed by atoms with Gasteiger partial charge >= 0.3 is 0 Å². The van der Waals surface area contributed by atoms with Crippen LogP contribution in [0.25, 0.3) is 11.3 Å². The third kappa shape index (κ3) is 3.17. The zero-order valence-electron chi connectivity index (χ0n) is 13.8. The Labute approximate surface area is 139 Å². The molecule has 0 saturated carbocycles. The summed E-state index contributed by atoms with van der Waals surface area (Å²) in [6.45, 7) is 3.90. The molecule has 3 rings (SSSR count). The van der Waals surface area contributed by atoms with E-state index in [-0.39, 0.29) is 5.91 Å². The average Bonchev–Trinajstić information content (AvgIpc) is 3.18. The van der Waals surface area contributed by atoms with Gasteiger partial charge in [0.1, 0.15) is 22.8 Å². The van der Waals surface area contributed by atoms with Crippen molar-refractivity contribution in [2.45, 2.75) is 20.4 Å². The maximum Gasteiger partial charge on any atom is 0.257 e. The van der Waals surface area contributed by atoms with Gasteiger partial charge in [0, 0.05) is 5.56 Å². The minimum atomic E-state index is -0.256. The second-order valence-corrected chi connectivity index (χ2v) is 5.40. The number of methoxy groups -OCH3 is 1. The number of hydrogen-bond acceptors (Lipinski definition) is 5. The standard InChI is InChI=1S/C18H18N2O4/c1-11-4-7-15(23-11)10-19-18(21)16-12(2)20-24-17(16)13-5-8-14(22-3)9-6-13/h4-9H,10H2,1-3H3,(H,19,21). The van der Waals surface area contributed by atoms with Crippen LogP contribution in [-0.4, -0.2) is 18.2 Å². The molecule has 6 heteroatoms. The molecule has 0 spiro atoms. The number of furan rings is 1. The summed E-state index contributed by atoms with van der Waals surface area (Å²) in [6.07, 6.45) is 0. The van der Waals surface area contributed by atoms with E-state index in [0.717, 1.165) is 17.1 Å². The first kappa shape index (κ1) is 15.9. The number of aromatic nitrogens is 1. The van der Waals surface area contributed by atoms with Crippen LogP contribution in [0.4, 0.5) is 0 Å². The van der Waals surface area contributed by atoms with E-state index in [1.807, 2.05) is 31.2 Å². The molecule has 6 nitrogen and oxygen atoms in total. The molecular formula is C18H18N2O4. The molecule has 124 valence electrons. The molecule has 24 heavy (non-hydrogen) atoms. The Morgan fingerprint density at radius 1 is 1.17 bits per heavy atom. The van der Waals surface area contributed by atoms with Crippen LogP contribution in [0.1, 0.15) is 27.6 Å². The fourth-order valence-corrected chi connectivity index (χ4v) is 2.41. The Bertz CT molecular complexity index is 846. The first-order valence-corrected chi connectivity index (χ1v) is 7.52. The summed E-state index contributed by atoms with van der Waals surface area (Å²) in [7, 11) is 1.60. The Hall–Kier alpha value is -3.02. The first-order valence-electron chi connectivity index (χ1n) is 7.52. The lowest BCUT2D eigenvalue weighted by atomic mass is 10.1. The zero-order valence-corrected chi connectivity index (χ0v) is 13.8. The summed E-state index contributed by atoms with van der Waals surface area (Å²) in [6, 6.07) is 11.0. The van der Waals surface area contributed by atoms with E-state index < -0.39 is 0 Å². The summed E-state index contributed by atoms with van der Waals surface area (Å²) in [5, 5.41) is 6.76. The minimum absolute atomic E-state index is 0.256. The van der Waals surface area contributed by atoms with Gasteiger partial charge < -0.3 is 19.0 Å². The number of aryl methyl sites for hydroxylation is 2. The molecule has 0 saturated heterocycles. The van der Waals surface area contributed by atoms with E-state index in [4.69, 9.17) is 13.7 Å². The van der Waals surface area contributed by atoms with Crippen LogP contribution in [0.2, 0.25) is 0 Å². The molecule has 1 aromatic carbocycles. The number of rotatable bonds is 5. The van der Waals surface area contributed by atoms with E-state index in [1.54, 1.807) is 26.2 Å². The molecule has 0 unspecified atom stereocenters. The van der Waals surface area contributed by atoms with Crippen molar-refractivity contribution in [1.29, 1.82) is 0 Å². The third-order valence-corrected chi connectivity index (χ3v) is 3.66. The topological polar surface area (TPSA) is 77.5 Å². The molecule has 1 amide bonds. The largest absolute Gasteiger partial charge is 0.497 e. The Morgan fingerprint density at radius 2 is 1.92 bits per heavy atom. The fraction of sp³-hybridized carbons (Fsp3) is 0.222. The lowest BCUT2D eigenvalue weighted by molar-refractivity contribution is 0.0947. The van der Waals surface area contributed by atoms with Gasteiger partial charge in [-0.3, -0.25) is 4.79 Å². The molecule has 0 atom stereocenters. The van der Waals surface area contributed by atoms with Crippen LogP contribution >= 0.6 is 0 Å². The molecule has 1 N–H and O–H groups in total. The highest BCUT2D eigenvalue weighted by Crippen LogP contribution is 2.27. The van der Waals surface area contributed by atoms with Gasteiger partial charge in [0.05, 0.1) is 19.3 Å². The van der Waals surface area contributed by atoms with Crippen molar-refractivity contribution in [3.05, 3.63) is 59.2 Å². The van der Waals surface area contributed by atoms with E-state index in [2.05, 4.69) is 10.5 Å². The smallest absolute Gasteiger partial charge is 0.257 e. The summed E-state index contributed by atoms with van der Waals surface area (Å²) >= 11 is 0. The van der Waals surface area contributed by atoms with Crippen molar-refractivity contribution in [2.24, 2.45) is 0 Å². The molecule has 2 aromatic heterocycles. The highest BCUT2D eigenvalue weighted by molar-refractivity contribution is 6.00. The Balaban J connectivity index is 1.81. The second kappa shape index (κ2) is 6.62. The molecule has 0 aliphatic rings. The van der Waals surface area contributed by atoms with Crippen LogP contribution < -0.4 is 10.1 Å². The first-order chi connectivity index (χ1) is 11.6. The summed E-state index contributed by atoms with van der Waals surface area (Å²) in [4.78, 5) is 12.5. The number of benzene rings is 1. The SMILES string of the molecule is COc1ccc(-c2onc(C)c2C(=O)NCc2ccc(C)o2)cc1. The van der Waals surface area contributed by atoms with Gasteiger partial charge in [0.25, 0.3) is 5.91 Å². The van der Waals surface area contributed by atoms with Crippen molar-refractivity contribution >= 4 is 5.91 Å². The summed E-state index contributed by atoms with van der Waals surface area (Å²) < 4.78 is 16.0. The predicted molar refractivity (Wildman–Crippen MR) is 87.8 cm³/mol. The number of hydrogen-bond donors (Lipinski definition) is 1. The van der Waals surface area contributed by atoms with Crippen molar-refractivity contribution in [2.75, 3.05) is 7.11 Å². The minimum Gasteiger partial charge on any atom is -0.497 e. The maximum atomic E-state index is 12.5. The van der Waals surface area contributed by atoms with Crippen molar-refractivity contribution < 1.29 is 18.5 Å². The lowest BCUT2D eigenvalue weighted by Crippen LogP contribution is -2.23. The Kier molecular flexibility index (Phi) is 4.37. The highest BCUT2D eigenvalue weighted by Gasteiger charge is 2.21. The van der Waals surface area contributed by atoms with Crippen LogP contribution in [0.5, 0.6) is 5.75 Å². The van der Waals surface area contributed by atoms with Crippen LogP contribution in [0.3, 0.4) is 0 Å². The summed E-state index contributed by atoms with van der Waals surface area (Å²) in [5.74, 6) is 2.41. The molecule has 0 aliphatic carbocycles. The van der Waals surface area contributed by atoms with Gasteiger partial charge in [-0.25, -0.2) is 0 Å². The number of carbonyl (C=O) groups is 1. The molecule has 0 aliphatic heterocycles. The van der Waals surface area contributed by atoms with Gasteiger partial charge in [0.2, 0.25) is 0 Å². The number of nitrogens with one attached hydrogen (secondary N) is 1. The fourth-order valence-electron chi connectivity index (χ4n) is 2.41. The summed E-state index contributed by atoms with van der Waals surface area (Å²) in [5.41, 5.74) is 1.72. The Morgan fingerprint density at radius 3 is 2.54 bits per heavy atom. The maximum absolute atomic E-state index is 12.5. The molecule has 2 heterocycles. The van der Waals surface area contributed by atoms with Crippen molar-refractivity contribution in [3.63, 3.8) is 0 Å². The van der Waals surface area contributed by atoms with Gasteiger partial charge in [0.15, 0.2) is 5.76 Å². The van der Waals surface area contributed by atoms with Gasteiger partial charge in [-0.05, 0) is 50.2 Å². The number of carbonyl (C=O) groups excluding carboxylic acids is 1. The van der Waals surface area contributed by atoms with Crippen molar-refractivity contribution in [3.8, 4) is 17.1 Å². The molecule has 0 radical (unpaired) electrons. The molecule has 0 fully saturated rings. The zero-order chi connectivity index (χ0) is 17.1. The molecule has 0 bridgehead atoms. The third-order valence-electron chi connectivity index (χ3n) is 3.66. The second-order valence-electron chi connectivity index (χ2n) is 5.40. The van der Waals surface area contributed by atoms with Gasteiger partial charge in [-0.1, -0.05) is 5.16 Å². The van der Waals surface area contributed by atoms with E-state index in [9.17, 15) is 4.79 Å². The predicted octanol–water partition coefficient (Wildman–Crippen LogP) is 3.49. The number of ether oxygens (including phenoxy) is 1. The van der Waals surface area contributed by atoms with E-state index in [0.29, 0.717) is 29.3 Å². The normalized spacial score (nSPS) is 10.6. The average molecular weight is 326 g/mol. The van der Waals surface area contributed by atoms with Crippen LogP contribution in [0, 0.1) is 13.8 Å². The van der Waals surface area contributed by atoms with Gasteiger partial charge in [-0.15, -0.1) is 0 Å². The quantitative estimate of drug-likeness (QED) is 0.776. The monoisotopic (exact) mass is 326 g/mol. The lowest BCUT2D eigenvalue weighted by Gasteiger charge is -2.05. The van der Waals surface area contributed by atoms with E-state index in [1.165, 1.54) is 0 Å². The molecular weight excluding hydrogens is 308 g/mol. The van der Waals surface area contributed by atoms with Crippen LogP contribution in [-0.2, 0) is 6.54 Å². The van der Waals surface area contributed by atoms with E-state index >= 15 is 0 Å². The number of nitrogens with zero attached hydrogens (tertiary/aromatic N) is 1. The highest BCUT2D eigenvalue weighted by atomic mass is 16.5. The number of amides is 1. The molecule has 3 aromatic rings. The van der Waals surface area contributed by atoms with Crippen LogP contribution in [0.15, 0.2) is 45.3 Å².